The number of thiazole rings is 1. The number of hydrogen-bond acceptors (Lipinski definition) is 6. The third kappa shape index (κ3) is 3.84. The van der Waals surface area contributed by atoms with Crippen molar-refractivity contribution in [3.8, 4) is 11.5 Å². The fourth-order valence-electron chi connectivity index (χ4n) is 2.47. The van der Waals surface area contributed by atoms with E-state index < -0.39 is 0 Å². The summed E-state index contributed by atoms with van der Waals surface area (Å²) in [6.45, 7) is 0.159. The molecule has 136 valence electrons. The van der Waals surface area contributed by atoms with Crippen molar-refractivity contribution in [3.63, 3.8) is 0 Å². The fourth-order valence-corrected chi connectivity index (χ4v) is 3.67. The molecule has 0 spiro atoms. The van der Waals surface area contributed by atoms with E-state index in [1.54, 1.807) is 37.3 Å². The first-order valence-electron chi connectivity index (χ1n) is 7.80. The summed E-state index contributed by atoms with van der Waals surface area (Å²) in [5.74, 6) is 1.11. The van der Waals surface area contributed by atoms with Gasteiger partial charge in [0.25, 0.3) is 0 Å². The van der Waals surface area contributed by atoms with Gasteiger partial charge in [-0.2, -0.15) is 0 Å². The van der Waals surface area contributed by atoms with Gasteiger partial charge in [0.2, 0.25) is 5.91 Å². The summed E-state index contributed by atoms with van der Waals surface area (Å²) in [5.41, 5.74) is 1.41. The van der Waals surface area contributed by atoms with E-state index >= 15 is 0 Å². The summed E-state index contributed by atoms with van der Waals surface area (Å²) < 4.78 is 11.4. The van der Waals surface area contributed by atoms with Crippen LogP contribution in [0.1, 0.15) is 0 Å². The molecule has 1 aromatic heterocycles. The second-order valence-electron chi connectivity index (χ2n) is 5.56. The molecule has 1 amide bonds. The molecular weight excluding hydrogens is 374 g/mol. The van der Waals surface area contributed by atoms with Gasteiger partial charge >= 0.3 is 0 Å². The largest absolute Gasteiger partial charge is 0.495 e. The molecule has 0 saturated heterocycles. The van der Waals surface area contributed by atoms with Crippen molar-refractivity contribution in [2.75, 3.05) is 38.0 Å². The molecule has 26 heavy (non-hydrogen) atoms. The van der Waals surface area contributed by atoms with Gasteiger partial charge in [-0.3, -0.25) is 4.79 Å². The van der Waals surface area contributed by atoms with Gasteiger partial charge in [-0.25, -0.2) is 4.98 Å². The van der Waals surface area contributed by atoms with Crippen LogP contribution in [0.15, 0.2) is 36.4 Å². The summed E-state index contributed by atoms with van der Waals surface area (Å²) in [5, 5.41) is 4.01. The maximum Gasteiger partial charge on any atom is 0.243 e. The molecule has 0 atom stereocenters. The molecule has 2 aromatic carbocycles. The lowest BCUT2D eigenvalue weighted by Gasteiger charge is -2.15. The van der Waals surface area contributed by atoms with Gasteiger partial charge in [0, 0.05) is 12.7 Å². The zero-order valence-corrected chi connectivity index (χ0v) is 16.1. The van der Waals surface area contributed by atoms with E-state index in [-0.39, 0.29) is 12.5 Å². The summed E-state index contributed by atoms with van der Waals surface area (Å²) in [6, 6.07) is 10.9. The Kier molecular flexibility index (Phi) is 5.49. The molecule has 1 N–H and O–H groups in total. The van der Waals surface area contributed by atoms with E-state index in [1.807, 2.05) is 25.2 Å². The Hall–Kier alpha value is -2.51. The molecular formula is C18H18ClN3O3S. The monoisotopic (exact) mass is 391 g/mol. The average Bonchev–Trinajstić information content (AvgIpc) is 3.06. The molecule has 0 fully saturated rings. The van der Waals surface area contributed by atoms with Crippen molar-refractivity contribution in [1.29, 1.82) is 0 Å². The fraction of sp³-hybridized carbons (Fsp3) is 0.222. The Morgan fingerprint density at radius 3 is 2.69 bits per heavy atom. The molecule has 6 nitrogen and oxygen atoms in total. The lowest BCUT2D eigenvalue weighted by atomic mass is 10.3. The number of methoxy groups -OCH3 is 2. The number of carbonyl (C=O) groups is 1. The Morgan fingerprint density at radius 1 is 1.23 bits per heavy atom. The van der Waals surface area contributed by atoms with Crippen molar-refractivity contribution in [2.24, 2.45) is 0 Å². The number of hydrogen-bond donors (Lipinski definition) is 1. The van der Waals surface area contributed by atoms with Crippen LogP contribution in [0.4, 0.5) is 10.8 Å². The van der Waals surface area contributed by atoms with E-state index in [9.17, 15) is 4.79 Å². The van der Waals surface area contributed by atoms with Gasteiger partial charge in [0.05, 0.1) is 30.5 Å². The van der Waals surface area contributed by atoms with Gasteiger partial charge in [0.15, 0.2) is 5.13 Å². The molecule has 1 heterocycles. The molecule has 3 rings (SSSR count). The van der Waals surface area contributed by atoms with E-state index in [4.69, 9.17) is 21.1 Å². The van der Waals surface area contributed by atoms with Gasteiger partial charge in [-0.1, -0.05) is 29.0 Å². The van der Waals surface area contributed by atoms with Crippen molar-refractivity contribution in [3.05, 3.63) is 41.4 Å². The van der Waals surface area contributed by atoms with E-state index in [0.29, 0.717) is 16.5 Å². The number of halogens is 1. The first-order chi connectivity index (χ1) is 12.5. The summed E-state index contributed by atoms with van der Waals surface area (Å²) in [6.07, 6.45) is 0. The Morgan fingerprint density at radius 2 is 2.00 bits per heavy atom. The maximum atomic E-state index is 12.3. The van der Waals surface area contributed by atoms with Crippen LogP contribution < -0.4 is 19.7 Å². The minimum absolute atomic E-state index is 0.159. The molecule has 0 aliphatic carbocycles. The van der Waals surface area contributed by atoms with Crippen molar-refractivity contribution >= 4 is 49.9 Å². The highest BCUT2D eigenvalue weighted by Gasteiger charge is 2.14. The number of nitrogens with zero attached hydrogens (tertiary/aromatic N) is 2. The molecule has 8 heteroatoms. The summed E-state index contributed by atoms with van der Waals surface area (Å²) in [7, 11) is 4.98. The van der Waals surface area contributed by atoms with Gasteiger partial charge in [0.1, 0.15) is 17.0 Å². The van der Waals surface area contributed by atoms with Crippen molar-refractivity contribution < 1.29 is 14.3 Å². The maximum absolute atomic E-state index is 12.3. The molecule has 0 saturated carbocycles. The number of nitrogens with one attached hydrogen (secondary N) is 1. The first-order valence-corrected chi connectivity index (χ1v) is 8.99. The summed E-state index contributed by atoms with van der Waals surface area (Å²) >= 11 is 7.59. The Bertz CT molecular complexity index is 945. The number of rotatable bonds is 6. The smallest absolute Gasteiger partial charge is 0.243 e. The normalized spacial score (nSPS) is 10.6. The first kappa shape index (κ1) is 18.3. The zero-order valence-electron chi connectivity index (χ0n) is 14.6. The number of aromatic nitrogens is 1. The quantitative estimate of drug-likeness (QED) is 0.687. The molecule has 0 unspecified atom stereocenters. The number of likely N-dealkylation sites (N-methyl/N-ethyl adjacent to an activating group) is 1. The van der Waals surface area contributed by atoms with Crippen LogP contribution in [0.3, 0.4) is 0 Å². The molecule has 0 aliphatic heterocycles. The lowest BCUT2D eigenvalue weighted by Crippen LogP contribution is -2.29. The van der Waals surface area contributed by atoms with Crippen LogP contribution in [0.2, 0.25) is 5.02 Å². The van der Waals surface area contributed by atoms with Crippen LogP contribution in [0.25, 0.3) is 10.2 Å². The highest BCUT2D eigenvalue weighted by atomic mass is 35.5. The average molecular weight is 392 g/mol. The van der Waals surface area contributed by atoms with Gasteiger partial charge < -0.3 is 19.7 Å². The number of para-hydroxylation sites is 1. The number of carbonyl (C=O) groups excluding carboxylic acids is 1. The third-order valence-electron chi connectivity index (χ3n) is 3.73. The SMILES string of the molecule is COc1ccc(NC(=O)CN(C)c2nc3c(OC)cccc3s2)cc1Cl. The van der Waals surface area contributed by atoms with Crippen LogP contribution in [0, 0.1) is 0 Å². The predicted octanol–water partition coefficient (Wildman–Crippen LogP) is 4.04. The Labute approximate surface area is 160 Å². The summed E-state index contributed by atoms with van der Waals surface area (Å²) in [4.78, 5) is 18.7. The van der Waals surface area contributed by atoms with E-state index in [0.717, 1.165) is 21.1 Å². The molecule has 0 bridgehead atoms. The van der Waals surface area contributed by atoms with Crippen LogP contribution in [-0.2, 0) is 4.79 Å². The number of anilines is 2. The molecule has 3 aromatic rings. The van der Waals surface area contributed by atoms with E-state index in [2.05, 4.69) is 10.3 Å². The number of ether oxygens (including phenoxy) is 2. The van der Waals surface area contributed by atoms with E-state index in [1.165, 1.54) is 11.3 Å². The lowest BCUT2D eigenvalue weighted by molar-refractivity contribution is -0.114. The highest BCUT2D eigenvalue weighted by molar-refractivity contribution is 7.22. The number of fused-ring (bicyclic) bond motifs is 1. The van der Waals surface area contributed by atoms with Gasteiger partial charge in [-0.05, 0) is 30.3 Å². The third-order valence-corrected chi connectivity index (χ3v) is 5.16. The predicted molar refractivity (Wildman–Crippen MR) is 106 cm³/mol. The molecule has 0 aliphatic rings. The molecule has 0 radical (unpaired) electrons. The van der Waals surface area contributed by atoms with Gasteiger partial charge in [-0.15, -0.1) is 0 Å². The van der Waals surface area contributed by atoms with Crippen LogP contribution in [-0.4, -0.2) is 38.7 Å². The van der Waals surface area contributed by atoms with Crippen LogP contribution in [0.5, 0.6) is 11.5 Å². The van der Waals surface area contributed by atoms with Crippen molar-refractivity contribution in [1.82, 2.24) is 4.98 Å². The second-order valence-corrected chi connectivity index (χ2v) is 6.97. The minimum atomic E-state index is -0.167. The number of benzene rings is 2. The standard InChI is InChI=1S/C18H18ClN3O3S/c1-22(18-21-17-14(25-3)5-4-6-15(17)26-18)10-16(23)20-11-7-8-13(24-2)12(19)9-11/h4-9H,10H2,1-3H3,(H,20,23). The topological polar surface area (TPSA) is 63.7 Å². The zero-order chi connectivity index (χ0) is 18.7. The minimum Gasteiger partial charge on any atom is -0.495 e. The highest BCUT2D eigenvalue weighted by Crippen LogP contribution is 2.33. The number of amides is 1. The second kappa shape index (κ2) is 7.80. The van der Waals surface area contributed by atoms with Crippen LogP contribution >= 0.6 is 22.9 Å². The van der Waals surface area contributed by atoms with Crippen molar-refractivity contribution in [2.45, 2.75) is 0 Å². The Balaban J connectivity index is 1.70.